The molecule has 5 nitrogen and oxygen atoms in total. The number of primary sulfonamides is 1. The van der Waals surface area contributed by atoms with Crippen molar-refractivity contribution in [2.24, 2.45) is 16.2 Å². The summed E-state index contributed by atoms with van der Waals surface area (Å²) < 4.78 is 66.8. The van der Waals surface area contributed by atoms with Crippen LogP contribution >= 0.6 is 23.2 Å². The van der Waals surface area contributed by atoms with Crippen molar-refractivity contribution >= 4 is 38.9 Å². The molecule has 0 bridgehead atoms. The molecule has 1 atom stereocenters. The number of halogens is 5. The Labute approximate surface area is 193 Å². The van der Waals surface area contributed by atoms with Gasteiger partial charge in [-0.05, 0) is 67.5 Å². The van der Waals surface area contributed by atoms with E-state index in [4.69, 9.17) is 33.2 Å². The number of benzene rings is 2. The Morgan fingerprint density at radius 3 is 2.34 bits per heavy atom. The van der Waals surface area contributed by atoms with Gasteiger partial charge in [-0.1, -0.05) is 34.4 Å². The van der Waals surface area contributed by atoms with Crippen LogP contribution in [-0.2, 0) is 26.9 Å². The molecule has 0 radical (unpaired) electrons. The molecule has 0 aromatic heterocycles. The molecular formula is C21H19Cl2F3N2O3S. The summed E-state index contributed by atoms with van der Waals surface area (Å²) >= 11 is 11.9. The molecule has 2 aliphatic rings. The standard InChI is InChI=1S/C21H19Cl2F3N2O3S/c1-11-17(6-12-2-3-12)16(4-5-19(11)32(27,29)30)18-10-20(31-28-18,21(24,25)26)13-7-14(22)9-15(23)8-13/h4-5,7-9,12H,2-3,6,10H2,1H3,(H2,27,29,30). The Kier molecular flexibility index (Phi) is 5.76. The molecule has 2 aromatic carbocycles. The maximum atomic E-state index is 14.3. The average Bonchev–Trinajstić information content (AvgIpc) is 3.34. The van der Waals surface area contributed by atoms with Gasteiger partial charge in [0, 0.05) is 27.6 Å². The molecule has 1 heterocycles. The summed E-state index contributed by atoms with van der Waals surface area (Å²) in [5.41, 5.74) is -1.51. The largest absolute Gasteiger partial charge is 0.435 e. The summed E-state index contributed by atoms with van der Waals surface area (Å²) in [7, 11) is -3.99. The summed E-state index contributed by atoms with van der Waals surface area (Å²) in [6, 6.07) is 6.38. The Hall–Kier alpha value is -1.81. The van der Waals surface area contributed by atoms with Gasteiger partial charge in [-0.25, -0.2) is 13.6 Å². The van der Waals surface area contributed by atoms with Crippen LogP contribution in [-0.4, -0.2) is 20.3 Å². The molecule has 4 rings (SSSR count). The zero-order valence-electron chi connectivity index (χ0n) is 16.8. The Bertz CT molecular complexity index is 1210. The predicted molar refractivity (Wildman–Crippen MR) is 115 cm³/mol. The van der Waals surface area contributed by atoms with E-state index >= 15 is 0 Å². The Morgan fingerprint density at radius 2 is 1.81 bits per heavy atom. The number of nitrogens with zero attached hydrogens (tertiary/aromatic N) is 1. The molecule has 2 aromatic rings. The first-order chi connectivity index (χ1) is 14.8. The molecule has 1 aliphatic heterocycles. The minimum atomic E-state index is -4.82. The van der Waals surface area contributed by atoms with E-state index in [2.05, 4.69) is 5.16 Å². The Morgan fingerprint density at radius 1 is 1.19 bits per heavy atom. The third kappa shape index (κ3) is 4.23. The number of oxime groups is 1. The van der Waals surface area contributed by atoms with Gasteiger partial charge in [0.2, 0.25) is 10.0 Å². The summed E-state index contributed by atoms with van der Waals surface area (Å²) in [6.07, 6.45) is -2.98. The van der Waals surface area contributed by atoms with Crippen LogP contribution in [0.15, 0.2) is 40.4 Å². The van der Waals surface area contributed by atoms with Crippen LogP contribution in [0.5, 0.6) is 0 Å². The zero-order valence-corrected chi connectivity index (χ0v) is 19.2. The maximum Gasteiger partial charge on any atom is 0.435 e. The van der Waals surface area contributed by atoms with E-state index in [1.807, 2.05) is 0 Å². The highest BCUT2D eigenvalue weighted by molar-refractivity contribution is 7.89. The quantitative estimate of drug-likeness (QED) is 0.582. The summed E-state index contributed by atoms with van der Waals surface area (Å²) in [4.78, 5) is 5.03. The van der Waals surface area contributed by atoms with Crippen molar-refractivity contribution < 1.29 is 26.4 Å². The summed E-state index contributed by atoms with van der Waals surface area (Å²) in [6.45, 7) is 1.60. The van der Waals surface area contributed by atoms with Crippen molar-refractivity contribution in [3.63, 3.8) is 0 Å². The average molecular weight is 507 g/mol. The molecule has 2 N–H and O–H groups in total. The van der Waals surface area contributed by atoms with Gasteiger partial charge in [0.1, 0.15) is 0 Å². The molecule has 0 spiro atoms. The minimum Gasteiger partial charge on any atom is -0.374 e. The zero-order chi connectivity index (χ0) is 23.5. The summed E-state index contributed by atoms with van der Waals surface area (Å²) in [5.74, 6) is 0.338. The number of hydrogen-bond acceptors (Lipinski definition) is 4. The van der Waals surface area contributed by atoms with Crippen molar-refractivity contribution in [3.8, 4) is 0 Å². The van der Waals surface area contributed by atoms with E-state index in [0.29, 0.717) is 29.0 Å². The van der Waals surface area contributed by atoms with E-state index in [9.17, 15) is 21.6 Å². The van der Waals surface area contributed by atoms with Crippen LogP contribution in [0.2, 0.25) is 10.0 Å². The van der Waals surface area contributed by atoms with Gasteiger partial charge >= 0.3 is 6.18 Å². The SMILES string of the molecule is Cc1c(S(N)(=O)=O)ccc(C2=NOC(c3cc(Cl)cc(Cl)c3)(C(F)(F)F)C2)c1CC1CC1. The fourth-order valence-corrected chi connectivity index (χ4v) is 5.36. The number of rotatable bonds is 5. The number of hydrogen-bond donors (Lipinski definition) is 1. The van der Waals surface area contributed by atoms with Gasteiger partial charge < -0.3 is 4.84 Å². The monoisotopic (exact) mass is 506 g/mol. The fraction of sp³-hybridized carbons (Fsp3) is 0.381. The number of nitrogens with two attached hydrogens (primary N) is 1. The molecule has 1 unspecified atom stereocenters. The lowest BCUT2D eigenvalue weighted by Gasteiger charge is -2.29. The van der Waals surface area contributed by atoms with Crippen LogP contribution in [0.1, 0.15) is 41.5 Å². The Balaban J connectivity index is 1.81. The third-order valence-electron chi connectivity index (χ3n) is 5.87. The van der Waals surface area contributed by atoms with Crippen molar-refractivity contribution in [1.82, 2.24) is 0 Å². The number of sulfonamides is 1. The predicted octanol–water partition coefficient (Wildman–Crippen LogP) is 5.48. The lowest BCUT2D eigenvalue weighted by molar-refractivity contribution is -0.275. The fourth-order valence-electron chi connectivity index (χ4n) is 4.02. The molecule has 1 saturated carbocycles. The van der Waals surface area contributed by atoms with Gasteiger partial charge in [-0.2, -0.15) is 13.2 Å². The molecule has 0 amide bonds. The van der Waals surface area contributed by atoms with Gasteiger partial charge in [-0.15, -0.1) is 0 Å². The van der Waals surface area contributed by atoms with E-state index in [1.54, 1.807) is 6.92 Å². The first kappa shape index (κ1) is 23.4. The van der Waals surface area contributed by atoms with Crippen molar-refractivity contribution in [2.45, 2.75) is 49.3 Å². The van der Waals surface area contributed by atoms with Crippen molar-refractivity contribution in [3.05, 3.63) is 62.6 Å². The van der Waals surface area contributed by atoms with Crippen LogP contribution in [0, 0.1) is 12.8 Å². The summed E-state index contributed by atoms with van der Waals surface area (Å²) in [5, 5.41) is 9.21. The van der Waals surface area contributed by atoms with Gasteiger partial charge in [0.05, 0.1) is 10.6 Å². The normalized spacial score (nSPS) is 21.4. The first-order valence-corrected chi connectivity index (χ1v) is 12.1. The van der Waals surface area contributed by atoms with Crippen molar-refractivity contribution in [2.75, 3.05) is 0 Å². The molecule has 1 fully saturated rings. The van der Waals surface area contributed by atoms with Gasteiger partial charge in [0.25, 0.3) is 5.60 Å². The van der Waals surface area contributed by atoms with Crippen LogP contribution < -0.4 is 5.14 Å². The topological polar surface area (TPSA) is 81.8 Å². The lowest BCUT2D eigenvalue weighted by atomic mass is 9.84. The number of alkyl halides is 3. The molecule has 32 heavy (non-hydrogen) atoms. The van der Waals surface area contributed by atoms with Crippen LogP contribution in [0.4, 0.5) is 13.2 Å². The smallest absolute Gasteiger partial charge is 0.374 e. The van der Waals surface area contributed by atoms with Gasteiger partial charge in [-0.3, -0.25) is 0 Å². The highest BCUT2D eigenvalue weighted by Gasteiger charge is 2.62. The highest BCUT2D eigenvalue weighted by Crippen LogP contribution is 2.50. The second-order valence-corrected chi connectivity index (χ2v) is 10.6. The van der Waals surface area contributed by atoms with Crippen LogP contribution in [0.25, 0.3) is 0 Å². The van der Waals surface area contributed by atoms with E-state index in [0.717, 1.165) is 25.0 Å². The molecule has 11 heteroatoms. The second kappa shape index (κ2) is 7.90. The lowest BCUT2D eigenvalue weighted by Crippen LogP contribution is -2.42. The van der Waals surface area contributed by atoms with Crippen molar-refractivity contribution in [1.29, 1.82) is 0 Å². The van der Waals surface area contributed by atoms with Crippen LogP contribution in [0.3, 0.4) is 0 Å². The highest BCUT2D eigenvalue weighted by atomic mass is 35.5. The maximum absolute atomic E-state index is 14.3. The van der Waals surface area contributed by atoms with E-state index < -0.39 is 28.2 Å². The minimum absolute atomic E-state index is 0.0379. The molecular weight excluding hydrogens is 488 g/mol. The first-order valence-electron chi connectivity index (χ1n) is 9.76. The molecule has 0 saturated heterocycles. The van der Waals surface area contributed by atoms with E-state index in [-0.39, 0.29) is 26.2 Å². The van der Waals surface area contributed by atoms with Gasteiger partial charge in [0.15, 0.2) is 0 Å². The second-order valence-electron chi connectivity index (χ2n) is 8.20. The third-order valence-corrected chi connectivity index (χ3v) is 7.36. The molecule has 172 valence electrons. The van der Waals surface area contributed by atoms with E-state index in [1.165, 1.54) is 18.2 Å². The molecule has 1 aliphatic carbocycles.